The summed E-state index contributed by atoms with van der Waals surface area (Å²) in [5.41, 5.74) is 0.295. The lowest BCUT2D eigenvalue weighted by atomic mass is 9.33. The van der Waals surface area contributed by atoms with Crippen LogP contribution in [0.25, 0.3) is 0 Å². The number of aliphatic hydroxyl groups is 4. The van der Waals surface area contributed by atoms with Gasteiger partial charge in [-0.2, -0.15) is 0 Å². The first kappa shape index (κ1) is 46.2. The molecule has 7 aliphatic rings. The Kier molecular flexibility index (Phi) is 13.1. The van der Waals surface area contributed by atoms with Crippen molar-refractivity contribution in [3.8, 4) is 0 Å². The molecule has 5 N–H and O–H groups in total. The van der Waals surface area contributed by atoms with Gasteiger partial charge in [0.25, 0.3) is 0 Å². The summed E-state index contributed by atoms with van der Waals surface area (Å²) in [6.45, 7) is 21.1. The summed E-state index contributed by atoms with van der Waals surface area (Å²) in [4.78, 5) is 14.9. The van der Waals surface area contributed by atoms with E-state index in [0.29, 0.717) is 31.3 Å². The van der Waals surface area contributed by atoms with Gasteiger partial charge in [0.15, 0.2) is 12.1 Å². The van der Waals surface area contributed by atoms with E-state index in [0.717, 1.165) is 57.9 Å². The molecule has 2 saturated heterocycles. The van der Waals surface area contributed by atoms with Crippen molar-refractivity contribution in [1.82, 2.24) is 4.90 Å². The molecule has 0 spiro atoms. The number of hydrogen-bond donors (Lipinski definition) is 5. The zero-order chi connectivity index (χ0) is 40.7. The van der Waals surface area contributed by atoms with E-state index in [2.05, 4.69) is 59.4 Å². The number of carboxylic acids is 1. The molecule has 0 aromatic heterocycles. The molecule has 7 rings (SSSR count). The van der Waals surface area contributed by atoms with E-state index in [4.69, 9.17) is 24.1 Å². The van der Waals surface area contributed by atoms with Gasteiger partial charge >= 0.3 is 5.97 Å². The zero-order valence-electron chi connectivity index (χ0n) is 36.2. The number of aliphatic carboxylic acids is 1. The van der Waals surface area contributed by atoms with Gasteiger partial charge in [0.1, 0.15) is 29.8 Å². The standard InChI is InChI=1S/C30H48O4.C14H27NO6.ClH/c1-25(2)14-15-30(24(33)34)19(16-25)18-8-9-21-27(5)12-11-22(31)26(3,4)20(27)10-13-28(21,6)29(18,7)17-23(30)32;1-14(2)20-12-11(18-7-5-6-15(3)4)10(9(17)8-16)19-13(12)21-14;/h8,19-23,31-32H,9-17H2,1-7H3,(H,33,34);9-13,16-17H,5-8H2,1-4H3;1H. The smallest absolute Gasteiger partial charge is 0.312 e. The third-order valence-corrected chi connectivity index (χ3v) is 16.7. The minimum absolute atomic E-state index is 0. The summed E-state index contributed by atoms with van der Waals surface area (Å²) in [5.74, 6) is -0.638. The van der Waals surface area contributed by atoms with Crippen LogP contribution in [0.4, 0.5) is 0 Å². The van der Waals surface area contributed by atoms with Gasteiger partial charge in [-0.25, -0.2) is 0 Å². The lowest BCUT2D eigenvalue weighted by molar-refractivity contribution is -0.231. The predicted molar refractivity (Wildman–Crippen MR) is 216 cm³/mol. The summed E-state index contributed by atoms with van der Waals surface area (Å²) >= 11 is 0. The highest BCUT2D eigenvalue weighted by molar-refractivity contribution is 5.85. The van der Waals surface area contributed by atoms with Crippen LogP contribution < -0.4 is 0 Å². The number of halogens is 1. The molecule has 11 nitrogen and oxygen atoms in total. The number of allylic oxidation sites excluding steroid dienone is 2. The Morgan fingerprint density at radius 2 is 1.61 bits per heavy atom. The van der Waals surface area contributed by atoms with Gasteiger partial charge in [-0.3, -0.25) is 4.79 Å². The predicted octanol–water partition coefficient (Wildman–Crippen LogP) is 6.18. The van der Waals surface area contributed by atoms with E-state index in [-0.39, 0.29) is 64.2 Å². The second kappa shape index (κ2) is 15.9. The average molecular weight is 815 g/mol. The Hall–Kier alpha value is -0.860. The van der Waals surface area contributed by atoms with Crippen LogP contribution in [-0.4, -0.2) is 119 Å². The summed E-state index contributed by atoms with van der Waals surface area (Å²) in [7, 11) is 4.01. The second-order valence-corrected chi connectivity index (χ2v) is 21.5. The van der Waals surface area contributed by atoms with Crippen LogP contribution in [0.1, 0.15) is 127 Å². The molecule has 56 heavy (non-hydrogen) atoms. The molecule has 0 aromatic rings. The Labute approximate surface area is 342 Å². The van der Waals surface area contributed by atoms with Crippen molar-refractivity contribution in [3.63, 3.8) is 0 Å². The highest BCUT2D eigenvalue weighted by Gasteiger charge is 2.71. The number of nitrogens with zero attached hydrogens (tertiary/aromatic N) is 1. The number of carboxylic acid groups (broad SMARTS) is 1. The molecule has 0 radical (unpaired) electrons. The van der Waals surface area contributed by atoms with Gasteiger partial charge < -0.3 is 49.4 Å². The lowest BCUT2D eigenvalue weighted by Crippen LogP contribution is -2.67. The number of rotatable bonds is 8. The fourth-order valence-electron chi connectivity index (χ4n) is 13.4. The highest BCUT2D eigenvalue weighted by atomic mass is 35.5. The van der Waals surface area contributed by atoms with E-state index in [1.807, 2.05) is 27.9 Å². The largest absolute Gasteiger partial charge is 0.481 e. The van der Waals surface area contributed by atoms with E-state index in [1.54, 1.807) is 0 Å². The molecular formula is C44H76ClNO10. The minimum atomic E-state index is -1.04. The molecule has 324 valence electrons. The average Bonchev–Trinajstić information content (AvgIpc) is 3.56. The SMILES string of the molecule is CC1(C)CCC2(C(=O)O)C(O)CC3(C)C(=CCC4C5(C)CCC(O)C(C)(C)C5CCC43C)C2C1.CN(C)CCCOC1C(C(O)CO)OC2OC(C)(C)OC21.Cl. The third-order valence-electron chi connectivity index (χ3n) is 16.7. The first-order chi connectivity index (χ1) is 25.4. The molecule has 2 heterocycles. The first-order valence-electron chi connectivity index (χ1n) is 21.3. The van der Waals surface area contributed by atoms with Crippen molar-refractivity contribution < 1.29 is 49.3 Å². The van der Waals surface area contributed by atoms with Crippen LogP contribution in [0.5, 0.6) is 0 Å². The van der Waals surface area contributed by atoms with Gasteiger partial charge in [0, 0.05) is 6.61 Å². The number of fused-ring (bicyclic) bond motifs is 8. The molecule has 6 fully saturated rings. The Morgan fingerprint density at radius 1 is 0.929 bits per heavy atom. The van der Waals surface area contributed by atoms with Crippen LogP contribution in [0.2, 0.25) is 0 Å². The fourth-order valence-corrected chi connectivity index (χ4v) is 13.4. The maximum atomic E-state index is 12.8. The maximum Gasteiger partial charge on any atom is 0.312 e. The quantitative estimate of drug-likeness (QED) is 0.141. The Balaban J connectivity index is 0.000000236. The number of ether oxygens (including phenoxy) is 4. The first-order valence-corrected chi connectivity index (χ1v) is 21.3. The normalized spacial score (nSPS) is 46.0. The van der Waals surface area contributed by atoms with Gasteiger partial charge in [-0.15, -0.1) is 12.4 Å². The molecule has 14 unspecified atom stereocenters. The molecule has 14 atom stereocenters. The van der Waals surface area contributed by atoms with Crippen LogP contribution >= 0.6 is 12.4 Å². The van der Waals surface area contributed by atoms with E-state index in [9.17, 15) is 25.2 Å². The number of hydrogen-bond acceptors (Lipinski definition) is 10. The molecule has 12 heteroatoms. The molecule has 0 bridgehead atoms. The van der Waals surface area contributed by atoms with Crippen molar-refractivity contribution >= 4 is 18.4 Å². The maximum absolute atomic E-state index is 12.8. The zero-order valence-corrected chi connectivity index (χ0v) is 37.0. The fraction of sp³-hybridized carbons (Fsp3) is 0.932. The van der Waals surface area contributed by atoms with Crippen LogP contribution in [-0.2, 0) is 23.7 Å². The van der Waals surface area contributed by atoms with Crippen LogP contribution in [0, 0.1) is 50.2 Å². The molecular weight excluding hydrogens is 738 g/mol. The van der Waals surface area contributed by atoms with Gasteiger partial charge in [0.05, 0.1) is 18.8 Å². The topological polar surface area (TPSA) is 158 Å². The van der Waals surface area contributed by atoms with E-state index >= 15 is 0 Å². The minimum Gasteiger partial charge on any atom is -0.481 e. The van der Waals surface area contributed by atoms with Crippen molar-refractivity contribution in [3.05, 3.63) is 11.6 Å². The summed E-state index contributed by atoms with van der Waals surface area (Å²) in [6.07, 6.45) is 7.18. The van der Waals surface area contributed by atoms with Crippen molar-refractivity contribution in [1.29, 1.82) is 0 Å². The van der Waals surface area contributed by atoms with E-state index in [1.165, 1.54) is 5.57 Å². The number of aliphatic hydroxyl groups excluding tert-OH is 4. The molecule has 5 aliphatic carbocycles. The second-order valence-electron chi connectivity index (χ2n) is 21.5. The highest BCUT2D eigenvalue weighted by Crippen LogP contribution is 2.75. The van der Waals surface area contributed by atoms with E-state index < -0.39 is 47.9 Å². The van der Waals surface area contributed by atoms with Crippen LogP contribution in [0.15, 0.2) is 11.6 Å². The number of carbonyl (C=O) groups is 1. The monoisotopic (exact) mass is 814 g/mol. The lowest BCUT2D eigenvalue weighted by Gasteiger charge is -2.71. The Morgan fingerprint density at radius 3 is 2.23 bits per heavy atom. The van der Waals surface area contributed by atoms with Gasteiger partial charge in [-0.1, -0.05) is 60.1 Å². The van der Waals surface area contributed by atoms with Crippen LogP contribution in [0.3, 0.4) is 0 Å². The van der Waals surface area contributed by atoms with Crippen molar-refractivity contribution in [2.24, 2.45) is 50.2 Å². The van der Waals surface area contributed by atoms with Crippen molar-refractivity contribution in [2.75, 3.05) is 33.9 Å². The third kappa shape index (κ3) is 7.46. The molecule has 0 aromatic carbocycles. The Bertz CT molecular complexity index is 1450. The van der Waals surface area contributed by atoms with Gasteiger partial charge in [0.2, 0.25) is 0 Å². The van der Waals surface area contributed by atoms with Gasteiger partial charge in [-0.05, 0) is 144 Å². The molecule has 2 aliphatic heterocycles. The van der Waals surface area contributed by atoms with Crippen molar-refractivity contribution in [2.45, 2.75) is 175 Å². The summed E-state index contributed by atoms with van der Waals surface area (Å²) < 4.78 is 23.0. The molecule has 4 saturated carbocycles. The molecule has 0 amide bonds. The summed E-state index contributed by atoms with van der Waals surface area (Å²) in [6, 6.07) is 0. The summed E-state index contributed by atoms with van der Waals surface area (Å²) in [5, 5.41) is 52.1.